The highest BCUT2D eigenvalue weighted by Crippen LogP contribution is 2.28. The van der Waals surface area contributed by atoms with Gasteiger partial charge in [0.2, 0.25) is 0 Å². The molecule has 0 bridgehead atoms. The summed E-state index contributed by atoms with van der Waals surface area (Å²) in [5.41, 5.74) is 5.35. The Morgan fingerprint density at radius 3 is 2.52 bits per heavy atom. The van der Waals surface area contributed by atoms with Crippen molar-refractivity contribution in [2.45, 2.75) is 52.5 Å². The predicted octanol–water partition coefficient (Wildman–Crippen LogP) is 4.56. The van der Waals surface area contributed by atoms with Gasteiger partial charge in [-0.2, -0.15) is 0 Å². The topological polar surface area (TPSA) is 24.9 Å². The Balaban J connectivity index is 2.23. The van der Waals surface area contributed by atoms with Gasteiger partial charge in [0, 0.05) is 23.3 Å². The molecule has 2 aromatic rings. The molecule has 1 aromatic heterocycles. The van der Waals surface area contributed by atoms with Crippen molar-refractivity contribution in [2.24, 2.45) is 0 Å². The lowest BCUT2D eigenvalue weighted by Crippen LogP contribution is -2.20. The molecule has 1 N–H and O–H groups in total. The van der Waals surface area contributed by atoms with Crippen LogP contribution in [0.5, 0.6) is 0 Å². The van der Waals surface area contributed by atoms with Crippen molar-refractivity contribution in [3.63, 3.8) is 0 Å². The molecule has 1 atom stereocenters. The average Bonchev–Trinajstić information content (AvgIpc) is 2.87. The first-order valence-corrected chi connectivity index (χ1v) is 8.38. The Bertz CT molecular complexity index is 608. The molecule has 114 valence electrons. The van der Waals surface area contributed by atoms with Gasteiger partial charge >= 0.3 is 0 Å². The smallest absolute Gasteiger partial charge is 0.0947 e. The molecule has 1 heterocycles. The van der Waals surface area contributed by atoms with Gasteiger partial charge in [-0.25, -0.2) is 4.98 Å². The molecule has 0 spiro atoms. The van der Waals surface area contributed by atoms with Crippen LogP contribution in [0, 0.1) is 13.8 Å². The highest BCUT2D eigenvalue weighted by atomic mass is 32.1. The molecule has 0 aliphatic heterocycles. The minimum absolute atomic E-state index is 0.128. The first kappa shape index (κ1) is 16.2. The first-order chi connectivity index (χ1) is 9.81. The van der Waals surface area contributed by atoms with Crippen molar-refractivity contribution < 1.29 is 0 Å². The van der Waals surface area contributed by atoms with Crippen LogP contribution in [0.1, 0.15) is 54.2 Å². The Kier molecular flexibility index (Phi) is 4.84. The van der Waals surface area contributed by atoms with Crippen molar-refractivity contribution in [2.75, 3.05) is 7.05 Å². The van der Waals surface area contributed by atoms with Crippen LogP contribution in [-0.4, -0.2) is 12.0 Å². The maximum atomic E-state index is 4.83. The summed E-state index contributed by atoms with van der Waals surface area (Å²) >= 11 is 1.77. The standard InChI is InChI=1S/C18H26N2S/c1-12-7-8-13(2)14(9-12)15(19-6)10-17-20-16(11-21-17)18(3,4)5/h7-9,11,15,19H,10H2,1-6H3. The summed E-state index contributed by atoms with van der Waals surface area (Å²) in [5.74, 6) is 0. The summed E-state index contributed by atoms with van der Waals surface area (Å²) < 4.78 is 0. The Morgan fingerprint density at radius 1 is 1.24 bits per heavy atom. The second kappa shape index (κ2) is 6.29. The van der Waals surface area contributed by atoms with Crippen LogP contribution < -0.4 is 5.32 Å². The molecule has 2 nitrogen and oxygen atoms in total. The Morgan fingerprint density at radius 2 is 1.95 bits per heavy atom. The zero-order valence-electron chi connectivity index (χ0n) is 13.9. The van der Waals surface area contributed by atoms with E-state index in [1.54, 1.807) is 11.3 Å². The van der Waals surface area contributed by atoms with E-state index < -0.39 is 0 Å². The number of benzene rings is 1. The van der Waals surface area contributed by atoms with Crippen LogP contribution in [0.2, 0.25) is 0 Å². The van der Waals surface area contributed by atoms with E-state index in [9.17, 15) is 0 Å². The number of nitrogens with zero attached hydrogens (tertiary/aromatic N) is 1. The molecule has 1 unspecified atom stereocenters. The maximum absolute atomic E-state index is 4.83. The maximum Gasteiger partial charge on any atom is 0.0947 e. The number of hydrogen-bond donors (Lipinski definition) is 1. The molecule has 0 saturated heterocycles. The highest BCUT2D eigenvalue weighted by Gasteiger charge is 2.20. The summed E-state index contributed by atoms with van der Waals surface area (Å²) in [6.07, 6.45) is 0.946. The largest absolute Gasteiger partial charge is 0.313 e. The summed E-state index contributed by atoms with van der Waals surface area (Å²) in [6, 6.07) is 6.99. The van der Waals surface area contributed by atoms with Gasteiger partial charge in [-0.1, -0.05) is 44.5 Å². The molecule has 0 amide bonds. The van der Waals surface area contributed by atoms with Gasteiger partial charge in [0.05, 0.1) is 10.7 Å². The highest BCUT2D eigenvalue weighted by molar-refractivity contribution is 7.09. The fourth-order valence-electron chi connectivity index (χ4n) is 2.43. The summed E-state index contributed by atoms with van der Waals surface area (Å²) in [4.78, 5) is 4.83. The molecule has 0 fully saturated rings. The fourth-order valence-corrected chi connectivity index (χ4v) is 3.49. The zero-order valence-corrected chi connectivity index (χ0v) is 14.8. The molecular weight excluding hydrogens is 276 g/mol. The van der Waals surface area contributed by atoms with Crippen molar-refractivity contribution in [1.29, 1.82) is 0 Å². The minimum Gasteiger partial charge on any atom is -0.313 e. The van der Waals surface area contributed by atoms with Gasteiger partial charge in [0.1, 0.15) is 0 Å². The van der Waals surface area contributed by atoms with Crippen molar-refractivity contribution in [1.82, 2.24) is 10.3 Å². The summed E-state index contributed by atoms with van der Waals surface area (Å²) in [7, 11) is 2.03. The van der Waals surface area contributed by atoms with Crippen molar-refractivity contribution in [3.8, 4) is 0 Å². The molecule has 0 saturated carbocycles. The normalized spacial score (nSPS) is 13.4. The van der Waals surface area contributed by atoms with Crippen LogP contribution in [-0.2, 0) is 11.8 Å². The first-order valence-electron chi connectivity index (χ1n) is 7.50. The average molecular weight is 302 g/mol. The van der Waals surface area contributed by atoms with Crippen LogP contribution >= 0.6 is 11.3 Å². The van der Waals surface area contributed by atoms with Crippen LogP contribution in [0.25, 0.3) is 0 Å². The van der Waals surface area contributed by atoms with E-state index in [0.29, 0.717) is 6.04 Å². The predicted molar refractivity (Wildman–Crippen MR) is 92.2 cm³/mol. The minimum atomic E-state index is 0.128. The van der Waals surface area contributed by atoms with E-state index in [1.807, 2.05) is 7.05 Å². The van der Waals surface area contributed by atoms with E-state index in [0.717, 1.165) is 6.42 Å². The van der Waals surface area contributed by atoms with Crippen LogP contribution in [0.15, 0.2) is 23.6 Å². The van der Waals surface area contributed by atoms with Crippen molar-refractivity contribution in [3.05, 3.63) is 51.0 Å². The molecule has 0 radical (unpaired) electrons. The number of hydrogen-bond acceptors (Lipinski definition) is 3. The molecule has 1 aromatic carbocycles. The number of aryl methyl sites for hydroxylation is 2. The molecule has 0 aliphatic rings. The Hall–Kier alpha value is -1.19. The zero-order chi connectivity index (χ0) is 15.6. The third kappa shape index (κ3) is 3.92. The molecule has 3 heteroatoms. The van der Waals surface area contributed by atoms with Gasteiger partial charge in [0.15, 0.2) is 0 Å². The number of likely N-dealkylation sites (N-methyl/N-ethyl adjacent to an activating group) is 1. The molecule has 21 heavy (non-hydrogen) atoms. The van der Waals surface area contributed by atoms with E-state index in [-0.39, 0.29) is 5.41 Å². The molecule has 0 aliphatic carbocycles. The van der Waals surface area contributed by atoms with Crippen molar-refractivity contribution >= 4 is 11.3 Å². The van der Waals surface area contributed by atoms with E-state index >= 15 is 0 Å². The number of aromatic nitrogens is 1. The van der Waals surface area contributed by atoms with Gasteiger partial charge in [-0.3, -0.25) is 0 Å². The monoisotopic (exact) mass is 302 g/mol. The number of nitrogens with one attached hydrogen (secondary N) is 1. The van der Waals surface area contributed by atoms with Gasteiger partial charge < -0.3 is 5.32 Å². The fraction of sp³-hybridized carbons (Fsp3) is 0.500. The SMILES string of the molecule is CNC(Cc1nc(C(C)(C)C)cs1)c1cc(C)ccc1C. The third-order valence-corrected chi connectivity index (χ3v) is 4.73. The number of thiazole rings is 1. The second-order valence-electron chi connectivity index (χ2n) is 6.78. The third-order valence-electron chi connectivity index (χ3n) is 3.86. The summed E-state index contributed by atoms with van der Waals surface area (Å²) in [5, 5.41) is 6.86. The van der Waals surface area contributed by atoms with Crippen LogP contribution in [0.3, 0.4) is 0 Å². The summed E-state index contributed by atoms with van der Waals surface area (Å²) in [6.45, 7) is 11.0. The van der Waals surface area contributed by atoms with E-state index in [2.05, 4.69) is 63.5 Å². The molecular formula is C18H26N2S. The quantitative estimate of drug-likeness (QED) is 0.895. The lowest BCUT2D eigenvalue weighted by Gasteiger charge is -2.19. The second-order valence-corrected chi connectivity index (χ2v) is 7.72. The number of rotatable bonds is 4. The molecule has 2 rings (SSSR count). The van der Waals surface area contributed by atoms with E-state index in [4.69, 9.17) is 4.98 Å². The Labute approximate surface area is 132 Å². The lowest BCUT2D eigenvalue weighted by atomic mass is 9.93. The van der Waals surface area contributed by atoms with Gasteiger partial charge in [-0.15, -0.1) is 11.3 Å². The van der Waals surface area contributed by atoms with E-state index in [1.165, 1.54) is 27.4 Å². The van der Waals surface area contributed by atoms with Crippen LogP contribution in [0.4, 0.5) is 0 Å². The van der Waals surface area contributed by atoms with Gasteiger partial charge in [0.25, 0.3) is 0 Å². The lowest BCUT2D eigenvalue weighted by molar-refractivity contribution is 0.559. The van der Waals surface area contributed by atoms with Gasteiger partial charge in [-0.05, 0) is 32.0 Å².